The molecule has 1 heterocycles. The molecule has 9 heteroatoms. The number of hydrogen-bond acceptors (Lipinski definition) is 4. The average molecular weight is 538 g/mol. The highest BCUT2D eigenvalue weighted by Gasteiger charge is 2.31. The number of benzene rings is 3. The summed E-state index contributed by atoms with van der Waals surface area (Å²) >= 11 is 0. The number of carbonyl (C=O) groups is 2. The summed E-state index contributed by atoms with van der Waals surface area (Å²) < 4.78 is 49.5. The molecule has 4 aromatic rings. The minimum atomic E-state index is -4.83. The topological polar surface area (TPSA) is 77.8 Å². The van der Waals surface area contributed by atoms with Crippen LogP contribution in [0.25, 0.3) is 17.0 Å². The van der Waals surface area contributed by atoms with Crippen LogP contribution in [0.4, 0.5) is 13.2 Å². The fraction of sp³-hybridized carbons (Fsp3) is 0.200. The van der Waals surface area contributed by atoms with Crippen LogP contribution in [-0.4, -0.2) is 40.5 Å². The molecule has 202 valence electrons. The number of ketones is 1. The first-order chi connectivity index (χ1) is 18.5. The number of carbonyl (C=O) groups excluding carboxylic acids is 1. The largest absolute Gasteiger partial charge is 0.573 e. The molecule has 0 aliphatic rings. The van der Waals surface area contributed by atoms with Crippen LogP contribution >= 0.6 is 0 Å². The van der Waals surface area contributed by atoms with Crippen molar-refractivity contribution >= 4 is 28.7 Å². The molecule has 1 atom stereocenters. The first-order valence-corrected chi connectivity index (χ1v) is 12.1. The summed E-state index contributed by atoms with van der Waals surface area (Å²) in [4.78, 5) is 24.4. The summed E-state index contributed by atoms with van der Waals surface area (Å²) in [5.41, 5.74) is 4.05. The molecule has 0 amide bonds. The maximum atomic E-state index is 13.5. The third-order valence-corrected chi connectivity index (χ3v) is 6.05. The van der Waals surface area contributed by atoms with E-state index >= 15 is 0 Å². The third-order valence-electron chi connectivity index (χ3n) is 6.05. The van der Waals surface area contributed by atoms with Crippen LogP contribution in [0.1, 0.15) is 39.7 Å². The van der Waals surface area contributed by atoms with Crippen LogP contribution in [0, 0.1) is 6.92 Å². The minimum absolute atomic E-state index is 0.122. The normalized spacial score (nSPS) is 12.6. The quantitative estimate of drug-likeness (QED) is 0.230. The van der Waals surface area contributed by atoms with E-state index in [1.165, 1.54) is 25.1 Å². The van der Waals surface area contributed by atoms with E-state index in [9.17, 15) is 22.8 Å². The first-order valence-electron chi connectivity index (χ1n) is 12.1. The van der Waals surface area contributed by atoms with Crippen LogP contribution in [0.15, 0.2) is 78.9 Å². The number of hydrogen-bond donors (Lipinski definition) is 1. The number of aliphatic carboxylic acids is 1. The second-order valence-corrected chi connectivity index (χ2v) is 9.04. The number of nitrogens with zero attached hydrogens (tertiary/aromatic N) is 1. The Labute approximate surface area is 222 Å². The molecule has 0 saturated carbocycles. The van der Waals surface area contributed by atoms with Crippen molar-refractivity contribution in [2.75, 3.05) is 6.61 Å². The number of carboxylic acids is 1. The first kappa shape index (κ1) is 27.7. The van der Waals surface area contributed by atoms with E-state index in [0.717, 1.165) is 16.7 Å². The molecule has 0 fully saturated rings. The number of alkyl halides is 3. The van der Waals surface area contributed by atoms with Gasteiger partial charge in [-0.3, -0.25) is 4.79 Å². The van der Waals surface area contributed by atoms with Gasteiger partial charge in [-0.1, -0.05) is 60.2 Å². The Hall–Kier alpha value is -4.37. The standard InChI is InChI=1S/C30H26F3NO5/c1-19-8-10-23(11-9-19)28(35)27-17-24-16-25(39-30(31,32)33)12-13-26(24)34(27)18-22-6-3-5-21(15-22)7-4-14-38-20(2)29(36)37/h3-13,15-17,20H,14,18H2,1-2H3,(H,36,37)/t20-/m0/s1. The van der Waals surface area contributed by atoms with Gasteiger partial charge in [0.2, 0.25) is 5.78 Å². The summed E-state index contributed by atoms with van der Waals surface area (Å²) in [6, 6.07) is 20.2. The molecule has 0 aliphatic heterocycles. The zero-order valence-corrected chi connectivity index (χ0v) is 21.2. The summed E-state index contributed by atoms with van der Waals surface area (Å²) in [6.07, 6.45) is -2.25. The van der Waals surface area contributed by atoms with Crippen LogP contribution < -0.4 is 4.74 Å². The molecule has 1 aromatic heterocycles. The molecule has 1 N–H and O–H groups in total. The maximum absolute atomic E-state index is 13.5. The second-order valence-electron chi connectivity index (χ2n) is 9.04. The van der Waals surface area contributed by atoms with Crippen LogP contribution in [0.3, 0.4) is 0 Å². The number of fused-ring (bicyclic) bond motifs is 1. The zero-order chi connectivity index (χ0) is 28.2. The highest BCUT2D eigenvalue weighted by atomic mass is 19.4. The lowest BCUT2D eigenvalue weighted by Crippen LogP contribution is -2.19. The summed E-state index contributed by atoms with van der Waals surface area (Å²) in [5.74, 6) is -1.67. The monoisotopic (exact) mass is 537 g/mol. The maximum Gasteiger partial charge on any atom is 0.573 e. The van der Waals surface area contributed by atoms with Gasteiger partial charge in [0, 0.05) is 23.0 Å². The van der Waals surface area contributed by atoms with Crippen LogP contribution in [0.2, 0.25) is 0 Å². The number of aromatic nitrogens is 1. The van der Waals surface area contributed by atoms with Crippen molar-refractivity contribution < 1.29 is 37.3 Å². The van der Waals surface area contributed by atoms with Crippen molar-refractivity contribution in [3.05, 3.63) is 107 Å². The van der Waals surface area contributed by atoms with Crippen molar-refractivity contribution in [3.8, 4) is 5.75 Å². The molecule has 0 saturated heterocycles. The fourth-order valence-electron chi connectivity index (χ4n) is 4.09. The Balaban J connectivity index is 1.67. The SMILES string of the molecule is Cc1ccc(C(=O)c2cc3cc(OC(F)(F)F)ccc3n2Cc2cccc(C=CCO[C@@H](C)C(=O)O)c2)cc1. The molecule has 0 unspecified atom stereocenters. The van der Waals surface area contributed by atoms with E-state index in [4.69, 9.17) is 9.84 Å². The van der Waals surface area contributed by atoms with E-state index in [1.807, 2.05) is 43.3 Å². The van der Waals surface area contributed by atoms with Gasteiger partial charge >= 0.3 is 12.3 Å². The van der Waals surface area contributed by atoms with Gasteiger partial charge < -0.3 is 19.1 Å². The Kier molecular flexibility index (Phi) is 8.21. The smallest absolute Gasteiger partial charge is 0.479 e. The lowest BCUT2D eigenvalue weighted by Gasteiger charge is -2.12. The van der Waals surface area contributed by atoms with Crippen LogP contribution in [0.5, 0.6) is 5.75 Å². The summed E-state index contributed by atoms with van der Waals surface area (Å²) in [7, 11) is 0. The number of rotatable bonds is 10. The Bertz CT molecular complexity index is 1520. The van der Waals surface area contributed by atoms with E-state index in [0.29, 0.717) is 22.2 Å². The molecule has 0 spiro atoms. The van der Waals surface area contributed by atoms with Gasteiger partial charge in [-0.15, -0.1) is 13.2 Å². The third kappa shape index (κ3) is 7.14. The summed E-state index contributed by atoms with van der Waals surface area (Å²) in [5, 5.41) is 9.35. The number of ether oxygens (including phenoxy) is 2. The van der Waals surface area contributed by atoms with E-state index in [2.05, 4.69) is 4.74 Å². The Morgan fingerprint density at radius 3 is 2.46 bits per heavy atom. The van der Waals surface area contributed by atoms with Gasteiger partial charge in [0.15, 0.2) is 6.10 Å². The number of carboxylic acid groups (broad SMARTS) is 1. The fourth-order valence-corrected chi connectivity index (χ4v) is 4.09. The van der Waals surface area contributed by atoms with Crippen LogP contribution in [-0.2, 0) is 16.1 Å². The average Bonchev–Trinajstić information content (AvgIpc) is 3.23. The van der Waals surface area contributed by atoms with Gasteiger partial charge in [-0.2, -0.15) is 0 Å². The van der Waals surface area contributed by atoms with Crippen molar-refractivity contribution in [1.29, 1.82) is 0 Å². The van der Waals surface area contributed by atoms with Crippen molar-refractivity contribution in [2.24, 2.45) is 0 Å². The molecule has 0 radical (unpaired) electrons. The van der Waals surface area contributed by atoms with E-state index < -0.39 is 18.4 Å². The zero-order valence-electron chi connectivity index (χ0n) is 21.2. The highest BCUT2D eigenvalue weighted by molar-refractivity contribution is 6.10. The van der Waals surface area contributed by atoms with Gasteiger partial charge in [0.05, 0.1) is 12.3 Å². The van der Waals surface area contributed by atoms with Crippen molar-refractivity contribution in [1.82, 2.24) is 4.57 Å². The van der Waals surface area contributed by atoms with Crippen molar-refractivity contribution in [3.63, 3.8) is 0 Å². The predicted molar refractivity (Wildman–Crippen MR) is 141 cm³/mol. The molecular formula is C30H26F3NO5. The van der Waals surface area contributed by atoms with E-state index in [1.54, 1.807) is 34.9 Å². The lowest BCUT2D eigenvalue weighted by molar-refractivity contribution is -0.274. The van der Waals surface area contributed by atoms with Gasteiger partial charge in [-0.05, 0) is 55.3 Å². The molecule has 0 aliphatic carbocycles. The minimum Gasteiger partial charge on any atom is -0.479 e. The molecule has 6 nitrogen and oxygen atoms in total. The van der Waals surface area contributed by atoms with Crippen molar-refractivity contribution in [2.45, 2.75) is 32.9 Å². The Morgan fingerprint density at radius 1 is 1.03 bits per heavy atom. The molecule has 39 heavy (non-hydrogen) atoms. The summed E-state index contributed by atoms with van der Waals surface area (Å²) in [6.45, 7) is 3.77. The highest BCUT2D eigenvalue weighted by Crippen LogP contribution is 2.30. The molecular weight excluding hydrogens is 511 g/mol. The number of halogens is 3. The molecule has 4 rings (SSSR count). The van der Waals surface area contributed by atoms with E-state index in [-0.39, 0.29) is 24.7 Å². The number of aryl methyl sites for hydroxylation is 1. The van der Waals surface area contributed by atoms with Gasteiger partial charge in [-0.25, -0.2) is 4.79 Å². The molecule has 0 bridgehead atoms. The Morgan fingerprint density at radius 2 is 1.77 bits per heavy atom. The van der Waals surface area contributed by atoms with Gasteiger partial charge in [0.1, 0.15) is 5.75 Å². The van der Waals surface area contributed by atoms with Gasteiger partial charge in [0.25, 0.3) is 0 Å². The predicted octanol–water partition coefficient (Wildman–Crippen LogP) is 6.63. The molecule has 3 aromatic carbocycles. The lowest BCUT2D eigenvalue weighted by atomic mass is 10.1. The second kappa shape index (κ2) is 11.6.